The van der Waals surface area contributed by atoms with E-state index in [4.69, 9.17) is 17.0 Å². The van der Waals surface area contributed by atoms with E-state index in [1.165, 1.54) is 36.0 Å². The molecule has 3 aliphatic carbocycles. The monoisotopic (exact) mass is 506 g/mol. The molecule has 2 aromatic rings. The van der Waals surface area contributed by atoms with Crippen molar-refractivity contribution < 1.29 is 14.9 Å². The summed E-state index contributed by atoms with van der Waals surface area (Å²) in [6.45, 7) is 5.13. The number of hydrogen-bond acceptors (Lipinski definition) is 4. The number of ether oxygens (including phenoxy) is 1. The third-order valence-corrected chi connectivity index (χ3v) is 9.87. The van der Waals surface area contributed by atoms with Crippen molar-refractivity contribution in [3.63, 3.8) is 0 Å². The SMILES string of the molecule is CC(=S)CCCCCCOc1ccc([C@H]2C[C@]3(C)[C@@H](O)CC[C@H]3[C@@H]3CCc4cc(O)ccc4[C@H]32)cc1. The number of unbranched alkanes of at least 4 members (excludes halogenated alkanes) is 3. The Hall–Kier alpha value is -1.91. The van der Waals surface area contributed by atoms with Gasteiger partial charge in [0.15, 0.2) is 0 Å². The Morgan fingerprint density at radius 1 is 1.03 bits per heavy atom. The van der Waals surface area contributed by atoms with Crippen molar-refractivity contribution >= 4 is 17.1 Å². The maximum atomic E-state index is 11.1. The number of aryl methyl sites for hydroxylation is 1. The average Bonchev–Trinajstić information content (AvgIpc) is 3.16. The highest BCUT2D eigenvalue weighted by Gasteiger charge is 2.57. The van der Waals surface area contributed by atoms with Crippen LogP contribution < -0.4 is 4.74 Å². The van der Waals surface area contributed by atoms with Gasteiger partial charge < -0.3 is 14.9 Å². The fourth-order valence-corrected chi connectivity index (χ4v) is 7.97. The predicted octanol–water partition coefficient (Wildman–Crippen LogP) is 7.72. The maximum absolute atomic E-state index is 11.1. The third-order valence-electron chi connectivity index (χ3n) is 9.66. The van der Waals surface area contributed by atoms with Gasteiger partial charge in [0, 0.05) is 0 Å². The van der Waals surface area contributed by atoms with Crippen molar-refractivity contribution in [2.24, 2.45) is 17.3 Å². The zero-order valence-corrected chi connectivity index (χ0v) is 22.7. The minimum atomic E-state index is -0.206. The lowest BCUT2D eigenvalue weighted by atomic mass is 9.51. The summed E-state index contributed by atoms with van der Waals surface area (Å²) in [6.07, 6.45) is 10.8. The van der Waals surface area contributed by atoms with Gasteiger partial charge >= 0.3 is 0 Å². The molecular weight excluding hydrogens is 464 g/mol. The molecule has 0 aromatic heterocycles. The average molecular weight is 507 g/mol. The van der Waals surface area contributed by atoms with E-state index in [0.29, 0.717) is 29.4 Å². The van der Waals surface area contributed by atoms with E-state index in [9.17, 15) is 10.2 Å². The largest absolute Gasteiger partial charge is 0.508 e. The number of hydrogen-bond donors (Lipinski definition) is 2. The topological polar surface area (TPSA) is 49.7 Å². The van der Waals surface area contributed by atoms with Crippen LogP contribution in [-0.2, 0) is 6.42 Å². The molecule has 0 unspecified atom stereocenters. The van der Waals surface area contributed by atoms with Crippen molar-refractivity contribution in [1.82, 2.24) is 0 Å². The number of aliphatic hydroxyl groups excluding tert-OH is 1. The first-order chi connectivity index (χ1) is 17.4. The summed E-state index contributed by atoms with van der Waals surface area (Å²) >= 11 is 5.16. The molecule has 6 atom stereocenters. The molecule has 2 saturated carbocycles. The molecule has 2 fully saturated rings. The van der Waals surface area contributed by atoms with E-state index in [1.54, 1.807) is 0 Å². The van der Waals surface area contributed by atoms with Gasteiger partial charge in [-0.2, -0.15) is 0 Å². The lowest BCUT2D eigenvalue weighted by molar-refractivity contribution is -0.0323. The summed E-state index contributed by atoms with van der Waals surface area (Å²) in [5, 5.41) is 21.2. The van der Waals surface area contributed by atoms with Crippen LogP contribution in [0.2, 0.25) is 0 Å². The fourth-order valence-electron chi connectivity index (χ4n) is 7.82. The van der Waals surface area contributed by atoms with Crippen LogP contribution in [0, 0.1) is 17.3 Å². The normalized spacial score (nSPS) is 30.8. The molecule has 5 rings (SSSR count). The second-order valence-electron chi connectivity index (χ2n) is 11.9. The van der Waals surface area contributed by atoms with Crippen molar-refractivity contribution in [3.8, 4) is 11.5 Å². The number of aliphatic hydroxyl groups is 1. The molecule has 0 bridgehead atoms. The number of thiocarbonyl (C=S) groups is 1. The Balaban J connectivity index is 1.31. The Labute approximate surface area is 222 Å². The summed E-state index contributed by atoms with van der Waals surface area (Å²) in [5.41, 5.74) is 4.06. The van der Waals surface area contributed by atoms with Gasteiger partial charge in [0.05, 0.1) is 12.7 Å². The van der Waals surface area contributed by atoms with Crippen LogP contribution in [0.4, 0.5) is 0 Å². The molecule has 2 N–H and O–H groups in total. The third kappa shape index (κ3) is 5.09. The van der Waals surface area contributed by atoms with E-state index >= 15 is 0 Å². The van der Waals surface area contributed by atoms with Gasteiger partial charge in [-0.3, -0.25) is 0 Å². The van der Waals surface area contributed by atoms with Crippen molar-refractivity contribution in [1.29, 1.82) is 0 Å². The van der Waals surface area contributed by atoms with E-state index in [0.717, 1.165) is 62.2 Å². The second-order valence-corrected chi connectivity index (χ2v) is 12.6. The Bertz CT molecular complexity index is 1060. The first-order valence-corrected chi connectivity index (χ1v) is 14.5. The molecule has 3 aliphatic rings. The Morgan fingerprint density at radius 2 is 1.81 bits per heavy atom. The highest BCUT2D eigenvalue weighted by Crippen LogP contribution is 2.65. The van der Waals surface area contributed by atoms with Gasteiger partial charge in [-0.1, -0.05) is 50.2 Å². The Morgan fingerprint density at radius 3 is 2.58 bits per heavy atom. The molecule has 0 spiro atoms. The number of phenolic OH excluding ortho intramolecular Hbond substituents is 1. The number of benzene rings is 2. The van der Waals surface area contributed by atoms with E-state index < -0.39 is 0 Å². The zero-order valence-electron chi connectivity index (χ0n) is 21.9. The van der Waals surface area contributed by atoms with Crippen LogP contribution in [0.25, 0.3) is 0 Å². The van der Waals surface area contributed by atoms with Gasteiger partial charge in [0.2, 0.25) is 0 Å². The summed E-state index contributed by atoms with van der Waals surface area (Å²) in [5.74, 6) is 3.29. The summed E-state index contributed by atoms with van der Waals surface area (Å²) < 4.78 is 6.06. The standard InChI is InChI=1S/C32H42O3S/c1-21(36)7-5-3-4-6-18-35-25-12-8-22(9-13-25)28-20-32(2)29(16-17-30(32)34)27-14-10-23-19-24(33)11-15-26(23)31(27)28/h8-9,11-13,15,19,27-31,33-34H,3-7,10,14,16-18,20H2,1-2H3/t27-,28+,29-,30-,31+,32-/m0/s1. The lowest BCUT2D eigenvalue weighted by Gasteiger charge is -2.54. The van der Waals surface area contributed by atoms with E-state index in [1.807, 2.05) is 19.1 Å². The number of rotatable bonds is 9. The first-order valence-electron chi connectivity index (χ1n) is 14.1. The number of aromatic hydroxyl groups is 1. The summed E-state index contributed by atoms with van der Waals surface area (Å²) in [4.78, 5) is 1.11. The maximum Gasteiger partial charge on any atom is 0.119 e. The molecule has 0 saturated heterocycles. The molecule has 4 heteroatoms. The minimum absolute atomic E-state index is 0.0169. The van der Waals surface area contributed by atoms with Crippen LogP contribution in [-0.4, -0.2) is 27.8 Å². The highest BCUT2D eigenvalue weighted by molar-refractivity contribution is 7.80. The smallest absolute Gasteiger partial charge is 0.119 e. The quantitative estimate of drug-likeness (QED) is 0.270. The molecular formula is C32H42O3S. The molecule has 0 amide bonds. The Kier molecular flexibility index (Phi) is 7.74. The molecule has 0 radical (unpaired) electrons. The van der Waals surface area contributed by atoms with Gasteiger partial charge in [0.1, 0.15) is 11.5 Å². The van der Waals surface area contributed by atoms with Crippen molar-refractivity contribution in [2.45, 2.75) is 96.0 Å². The molecule has 36 heavy (non-hydrogen) atoms. The second kappa shape index (κ2) is 10.8. The van der Waals surface area contributed by atoms with Crippen LogP contribution in [0.3, 0.4) is 0 Å². The van der Waals surface area contributed by atoms with Crippen LogP contribution in [0.1, 0.15) is 100 Å². The molecule has 0 aliphatic heterocycles. The summed E-state index contributed by atoms with van der Waals surface area (Å²) in [6, 6.07) is 14.8. The molecule has 3 nitrogen and oxygen atoms in total. The van der Waals surface area contributed by atoms with Crippen molar-refractivity contribution in [3.05, 3.63) is 59.2 Å². The molecule has 194 valence electrons. The van der Waals surface area contributed by atoms with Crippen molar-refractivity contribution in [2.75, 3.05) is 6.61 Å². The van der Waals surface area contributed by atoms with E-state index in [-0.39, 0.29) is 11.5 Å². The van der Waals surface area contributed by atoms with Crippen LogP contribution >= 0.6 is 12.2 Å². The summed E-state index contributed by atoms with van der Waals surface area (Å²) in [7, 11) is 0. The highest BCUT2D eigenvalue weighted by atomic mass is 32.1. The molecule has 0 heterocycles. The van der Waals surface area contributed by atoms with Gasteiger partial charge in [-0.15, -0.1) is 0 Å². The molecule has 2 aromatic carbocycles. The number of fused-ring (bicyclic) bond motifs is 5. The van der Waals surface area contributed by atoms with Crippen LogP contribution in [0.15, 0.2) is 42.5 Å². The van der Waals surface area contributed by atoms with Gasteiger partial charge in [-0.05, 0) is 133 Å². The predicted molar refractivity (Wildman–Crippen MR) is 150 cm³/mol. The lowest BCUT2D eigenvalue weighted by Crippen LogP contribution is -2.47. The fraction of sp³-hybridized carbons (Fsp3) is 0.594. The zero-order chi connectivity index (χ0) is 25.3. The van der Waals surface area contributed by atoms with Crippen LogP contribution in [0.5, 0.6) is 11.5 Å². The minimum Gasteiger partial charge on any atom is -0.508 e. The van der Waals surface area contributed by atoms with Gasteiger partial charge in [0.25, 0.3) is 0 Å². The van der Waals surface area contributed by atoms with E-state index in [2.05, 4.69) is 37.3 Å². The van der Waals surface area contributed by atoms with Gasteiger partial charge in [-0.25, -0.2) is 0 Å². The first kappa shape index (κ1) is 25.7. The number of phenols is 1.